The summed E-state index contributed by atoms with van der Waals surface area (Å²) in [5.74, 6) is 1.16. The van der Waals surface area contributed by atoms with Gasteiger partial charge in [0.25, 0.3) is 0 Å². The van der Waals surface area contributed by atoms with E-state index in [0.29, 0.717) is 11.8 Å². The molecule has 0 aliphatic heterocycles. The van der Waals surface area contributed by atoms with Gasteiger partial charge in [0.05, 0.1) is 0 Å². The molecule has 0 saturated carbocycles. The summed E-state index contributed by atoms with van der Waals surface area (Å²) in [5.41, 5.74) is 11.2. The number of aryl methyl sites for hydroxylation is 2. The Balaban J connectivity index is 0.000000244. The molecule has 0 aliphatic rings. The average Bonchev–Trinajstić information content (AvgIpc) is 3.79. The van der Waals surface area contributed by atoms with Gasteiger partial charge >= 0.3 is 37.9 Å². The molecule has 4 heteroatoms. The second kappa shape index (κ2) is 24.2. The van der Waals surface area contributed by atoms with Crippen molar-refractivity contribution in [2.24, 2.45) is 0 Å². The molecule has 6 rings (SSSR count). The molecule has 0 atom stereocenters. The number of unbranched alkanes of at least 4 members (excludes halogenated alkanes) is 4. The molecule has 6 aromatic carbocycles. The van der Waals surface area contributed by atoms with Crippen LogP contribution >= 0.6 is 17.0 Å². The Kier molecular flexibility index (Phi) is 20.6. The van der Waals surface area contributed by atoms with Crippen LogP contribution in [0.1, 0.15) is 114 Å². The van der Waals surface area contributed by atoms with Gasteiger partial charge in [0.15, 0.2) is 0 Å². The molecule has 6 aromatic rings. The SMILES string of the molecule is CCCCCc1ccc(-c2cccc3[cH-]c(C(C)C)cc23)cc1.CCCCCc1ccc(-c2cccc3[cH-]c(C(C)C)cc23)cc1.C[Si]C.[Cl][Zr+2][Cl]. The van der Waals surface area contributed by atoms with Gasteiger partial charge in [-0.1, -0.05) is 152 Å². The van der Waals surface area contributed by atoms with Crippen LogP contribution in [0.3, 0.4) is 0 Å². The summed E-state index contributed by atoms with van der Waals surface area (Å²) in [6.07, 6.45) is 10.2. The number of hydrogen-bond donors (Lipinski definition) is 0. The first-order valence-electron chi connectivity index (χ1n) is 19.3. The van der Waals surface area contributed by atoms with Crippen LogP contribution in [0.25, 0.3) is 43.8 Å². The molecule has 0 heterocycles. The van der Waals surface area contributed by atoms with Crippen LogP contribution in [0.15, 0.2) is 109 Å². The Labute approximate surface area is 338 Å². The minimum atomic E-state index is -0.826. The van der Waals surface area contributed by atoms with E-state index in [4.69, 9.17) is 17.0 Å². The average molecular weight is 827 g/mol. The van der Waals surface area contributed by atoms with E-state index in [2.05, 4.69) is 164 Å². The Bertz CT molecular complexity index is 1710. The molecule has 0 bridgehead atoms. The van der Waals surface area contributed by atoms with E-state index in [1.54, 1.807) is 0 Å². The second-order valence-electron chi connectivity index (χ2n) is 14.4. The van der Waals surface area contributed by atoms with Gasteiger partial charge in [0, 0.05) is 9.52 Å². The molecule has 0 spiro atoms. The predicted octanol–water partition coefficient (Wildman–Crippen LogP) is 16.3. The normalized spacial score (nSPS) is 10.7. The molecule has 52 heavy (non-hydrogen) atoms. The number of halogens is 2. The van der Waals surface area contributed by atoms with Gasteiger partial charge in [-0.05, 0) is 59.8 Å². The van der Waals surface area contributed by atoms with Crippen molar-refractivity contribution in [3.05, 3.63) is 131 Å². The van der Waals surface area contributed by atoms with Crippen molar-refractivity contribution in [1.29, 1.82) is 0 Å². The minimum absolute atomic E-state index is 0.580. The second-order valence-corrected chi connectivity index (χ2v) is 19.1. The van der Waals surface area contributed by atoms with Gasteiger partial charge in [-0.25, -0.2) is 0 Å². The van der Waals surface area contributed by atoms with E-state index in [0.717, 1.165) is 9.52 Å². The van der Waals surface area contributed by atoms with Gasteiger partial charge in [-0.2, -0.15) is 12.1 Å². The predicted molar refractivity (Wildman–Crippen MR) is 234 cm³/mol. The summed E-state index contributed by atoms with van der Waals surface area (Å²) in [4.78, 5) is 0. The van der Waals surface area contributed by atoms with Crippen LogP contribution in [0.2, 0.25) is 13.1 Å². The Morgan fingerprint density at radius 2 is 0.904 bits per heavy atom. The van der Waals surface area contributed by atoms with E-state index in [1.165, 1.54) is 117 Å². The van der Waals surface area contributed by atoms with Gasteiger partial charge in [-0.3, -0.25) is 0 Å². The first kappa shape index (κ1) is 44.2. The molecule has 0 aromatic heterocycles. The maximum atomic E-state index is 4.93. The van der Waals surface area contributed by atoms with Crippen LogP contribution < -0.4 is 0 Å². The van der Waals surface area contributed by atoms with Gasteiger partial charge < -0.3 is 0 Å². The summed E-state index contributed by atoms with van der Waals surface area (Å²) in [7, 11) is 11.0. The Morgan fingerprint density at radius 1 is 0.558 bits per heavy atom. The summed E-state index contributed by atoms with van der Waals surface area (Å²) in [6.45, 7) is 17.9. The van der Waals surface area contributed by atoms with E-state index >= 15 is 0 Å². The van der Waals surface area contributed by atoms with Crippen molar-refractivity contribution in [1.82, 2.24) is 0 Å². The summed E-state index contributed by atoms with van der Waals surface area (Å²) >= 11 is -0.826. The van der Waals surface area contributed by atoms with Crippen molar-refractivity contribution in [3.63, 3.8) is 0 Å². The third-order valence-electron chi connectivity index (χ3n) is 9.55. The number of fused-ring (bicyclic) bond motifs is 2. The molecule has 0 amide bonds. The third kappa shape index (κ3) is 13.6. The van der Waals surface area contributed by atoms with E-state index in [1.807, 2.05) is 0 Å². The van der Waals surface area contributed by atoms with Crippen molar-refractivity contribution >= 4 is 48.1 Å². The van der Waals surface area contributed by atoms with Crippen LogP contribution in [-0.4, -0.2) is 9.52 Å². The first-order chi connectivity index (χ1) is 25.2. The van der Waals surface area contributed by atoms with Crippen LogP contribution in [0, 0.1) is 0 Å². The molecule has 0 N–H and O–H groups in total. The standard InChI is InChI=1S/2C23H27.C2H6Si.2ClH.Zr/c2*1-4-5-6-8-18-11-13-19(14-12-18)22-10-7-9-20-15-21(17(2)3)16-23(20)22;1-3-2;;;/h2*7,9-17H,4-6,8H2,1-3H3;1-2H3;2*1H;/q2*-1;;;;+4/p-2. The fourth-order valence-corrected chi connectivity index (χ4v) is 6.55. The Morgan fingerprint density at radius 3 is 1.21 bits per heavy atom. The molecular formula is C48H60Cl2SiZr. The fraction of sp³-hybridized carbons (Fsp3) is 0.375. The fourth-order valence-electron chi connectivity index (χ4n) is 6.55. The molecule has 2 radical (unpaired) electrons. The molecule has 0 aliphatic carbocycles. The molecular weight excluding hydrogens is 767 g/mol. The molecule has 0 unspecified atom stereocenters. The van der Waals surface area contributed by atoms with E-state index in [-0.39, 0.29) is 0 Å². The molecule has 0 nitrogen and oxygen atoms in total. The van der Waals surface area contributed by atoms with Crippen LogP contribution in [0.5, 0.6) is 0 Å². The topological polar surface area (TPSA) is 0 Å². The van der Waals surface area contributed by atoms with Gasteiger partial charge in [-0.15, -0.1) is 69.1 Å². The monoisotopic (exact) mass is 824 g/mol. The number of benzene rings is 4. The van der Waals surface area contributed by atoms with E-state index in [9.17, 15) is 0 Å². The van der Waals surface area contributed by atoms with Crippen molar-refractivity contribution in [2.45, 2.75) is 118 Å². The summed E-state index contributed by atoms with van der Waals surface area (Å²) in [6, 6.07) is 41.1. The number of hydrogen-bond acceptors (Lipinski definition) is 0. The molecule has 0 saturated heterocycles. The van der Waals surface area contributed by atoms with E-state index < -0.39 is 20.8 Å². The Hall–Kier alpha value is -2.22. The zero-order valence-corrected chi connectivity index (χ0v) is 37.9. The first-order valence-corrected chi connectivity index (χ1v) is 27.7. The molecule has 0 fully saturated rings. The van der Waals surface area contributed by atoms with Crippen molar-refractivity contribution in [3.8, 4) is 22.3 Å². The maximum absolute atomic E-state index is 4.93. The zero-order valence-electron chi connectivity index (χ0n) is 33.0. The van der Waals surface area contributed by atoms with Crippen molar-refractivity contribution in [2.75, 3.05) is 0 Å². The van der Waals surface area contributed by atoms with Crippen LogP contribution in [0.4, 0.5) is 0 Å². The zero-order chi connectivity index (χ0) is 37.9. The van der Waals surface area contributed by atoms with Crippen LogP contribution in [-0.2, 0) is 33.7 Å². The van der Waals surface area contributed by atoms with Gasteiger partial charge in [0.1, 0.15) is 0 Å². The van der Waals surface area contributed by atoms with Crippen molar-refractivity contribution < 1.29 is 20.8 Å². The number of rotatable bonds is 12. The summed E-state index contributed by atoms with van der Waals surface area (Å²) in [5, 5.41) is 5.49. The quantitative estimate of drug-likeness (QED) is 0.0655. The molecule has 274 valence electrons. The van der Waals surface area contributed by atoms with Gasteiger partial charge in [0.2, 0.25) is 0 Å². The summed E-state index contributed by atoms with van der Waals surface area (Å²) < 4.78 is 0. The third-order valence-corrected chi connectivity index (χ3v) is 9.55.